The maximum atomic E-state index is 5.11. The molecule has 198 valence electrons. The number of nitrogens with one attached hydrogen (secondary N) is 2. The molecule has 0 atom stereocenters. The SMILES string of the molecule is CCc1cccc(C)c1NCc1nnc(OC)n1C.COc1nnc(CNc2c(C)cccc2C)n1C. The van der Waals surface area contributed by atoms with E-state index in [1.807, 2.05) is 23.2 Å². The summed E-state index contributed by atoms with van der Waals surface area (Å²) < 4.78 is 13.9. The number of aryl methyl sites for hydroxylation is 4. The van der Waals surface area contributed by atoms with E-state index in [-0.39, 0.29) is 0 Å². The highest BCUT2D eigenvalue weighted by Crippen LogP contribution is 2.22. The molecule has 0 fully saturated rings. The monoisotopic (exact) mass is 506 g/mol. The van der Waals surface area contributed by atoms with E-state index >= 15 is 0 Å². The van der Waals surface area contributed by atoms with Gasteiger partial charge in [0.15, 0.2) is 11.6 Å². The fourth-order valence-electron chi connectivity index (χ4n) is 4.06. The lowest BCUT2D eigenvalue weighted by molar-refractivity contribution is 0.363. The zero-order chi connectivity index (χ0) is 26.9. The number of methoxy groups -OCH3 is 2. The fraction of sp³-hybridized carbons (Fsp3) is 0.407. The number of benzene rings is 2. The zero-order valence-corrected chi connectivity index (χ0v) is 23.1. The van der Waals surface area contributed by atoms with Crippen molar-refractivity contribution >= 4 is 11.4 Å². The smallest absolute Gasteiger partial charge is 0.316 e. The van der Waals surface area contributed by atoms with Gasteiger partial charge >= 0.3 is 12.0 Å². The maximum Gasteiger partial charge on any atom is 0.316 e. The topological polar surface area (TPSA) is 104 Å². The minimum atomic E-state index is 0.522. The lowest BCUT2D eigenvalue weighted by atomic mass is 10.1. The van der Waals surface area contributed by atoms with E-state index < -0.39 is 0 Å². The molecule has 0 spiro atoms. The number of anilines is 2. The standard InChI is InChI=1S/C14H20N4O.C13H18N4O/c1-5-11-8-6-7-10(2)13(11)15-9-12-16-17-14(19-4)18(12)3;1-9-6-5-7-10(2)12(9)14-8-11-15-16-13(18-4)17(11)3/h6-8,15H,5,9H2,1-4H3;5-7,14H,8H2,1-4H3. The average Bonchev–Trinajstić information content (AvgIpc) is 3.44. The van der Waals surface area contributed by atoms with E-state index in [0.717, 1.165) is 23.8 Å². The number of nitrogens with zero attached hydrogens (tertiary/aromatic N) is 6. The van der Waals surface area contributed by atoms with Crippen LogP contribution in [0.5, 0.6) is 12.0 Å². The van der Waals surface area contributed by atoms with E-state index in [2.05, 4.69) is 95.1 Å². The first kappa shape index (κ1) is 27.5. The lowest BCUT2D eigenvalue weighted by Crippen LogP contribution is -2.09. The van der Waals surface area contributed by atoms with Crippen LogP contribution in [0.1, 0.15) is 40.8 Å². The van der Waals surface area contributed by atoms with Crippen LogP contribution in [0.2, 0.25) is 0 Å². The molecule has 0 saturated heterocycles. The summed E-state index contributed by atoms with van der Waals surface area (Å²) in [6.45, 7) is 9.70. The van der Waals surface area contributed by atoms with Gasteiger partial charge in [-0.3, -0.25) is 9.13 Å². The third-order valence-electron chi connectivity index (χ3n) is 6.28. The Bertz CT molecular complexity index is 1290. The lowest BCUT2D eigenvalue weighted by Gasteiger charge is -2.13. The molecule has 0 aliphatic rings. The molecule has 0 bridgehead atoms. The largest absolute Gasteiger partial charge is 0.467 e. The van der Waals surface area contributed by atoms with E-state index in [1.54, 1.807) is 14.2 Å². The van der Waals surface area contributed by atoms with E-state index in [9.17, 15) is 0 Å². The van der Waals surface area contributed by atoms with Crippen molar-refractivity contribution in [1.29, 1.82) is 0 Å². The molecule has 37 heavy (non-hydrogen) atoms. The van der Waals surface area contributed by atoms with Crippen LogP contribution in [-0.4, -0.2) is 43.7 Å². The van der Waals surface area contributed by atoms with Crippen LogP contribution in [0.4, 0.5) is 11.4 Å². The predicted octanol–water partition coefficient (Wildman–Crippen LogP) is 4.36. The Balaban J connectivity index is 0.000000206. The second kappa shape index (κ2) is 12.8. The van der Waals surface area contributed by atoms with Crippen LogP contribution < -0.4 is 20.1 Å². The Morgan fingerprint density at radius 2 is 1.11 bits per heavy atom. The molecule has 10 heteroatoms. The van der Waals surface area contributed by atoms with Gasteiger partial charge in [0, 0.05) is 25.5 Å². The third-order valence-corrected chi connectivity index (χ3v) is 6.28. The highest BCUT2D eigenvalue weighted by atomic mass is 16.5. The summed E-state index contributed by atoms with van der Waals surface area (Å²) in [5, 5.41) is 22.9. The summed E-state index contributed by atoms with van der Waals surface area (Å²) in [6.07, 6.45) is 1.01. The molecule has 0 saturated carbocycles. The first-order valence-corrected chi connectivity index (χ1v) is 12.3. The van der Waals surface area contributed by atoms with Gasteiger partial charge < -0.3 is 20.1 Å². The molecule has 0 aliphatic heterocycles. The maximum absolute atomic E-state index is 5.11. The number of hydrogen-bond donors (Lipinski definition) is 2. The Morgan fingerprint density at radius 3 is 1.54 bits per heavy atom. The van der Waals surface area contributed by atoms with Gasteiger partial charge in [-0.15, -0.1) is 10.2 Å². The van der Waals surface area contributed by atoms with E-state index in [1.165, 1.54) is 27.9 Å². The molecule has 10 nitrogen and oxygen atoms in total. The Hall–Kier alpha value is -4.08. The summed E-state index contributed by atoms with van der Waals surface area (Å²) in [4.78, 5) is 0. The highest BCUT2D eigenvalue weighted by Gasteiger charge is 2.11. The average molecular weight is 507 g/mol. The van der Waals surface area contributed by atoms with Gasteiger partial charge in [-0.25, -0.2) is 0 Å². The summed E-state index contributed by atoms with van der Waals surface area (Å²) in [5.74, 6) is 1.69. The van der Waals surface area contributed by atoms with Gasteiger partial charge in [0.1, 0.15) is 0 Å². The third kappa shape index (κ3) is 6.58. The van der Waals surface area contributed by atoms with Crippen LogP contribution in [0.25, 0.3) is 0 Å². The minimum absolute atomic E-state index is 0.522. The Morgan fingerprint density at radius 1 is 0.676 bits per heavy atom. The number of aromatic nitrogens is 6. The molecule has 4 aromatic rings. The second-order valence-electron chi connectivity index (χ2n) is 8.76. The number of hydrogen-bond acceptors (Lipinski definition) is 8. The highest BCUT2D eigenvalue weighted by molar-refractivity contribution is 5.57. The molecule has 4 rings (SSSR count). The fourth-order valence-corrected chi connectivity index (χ4v) is 4.06. The van der Waals surface area contributed by atoms with E-state index in [4.69, 9.17) is 9.47 Å². The quantitative estimate of drug-likeness (QED) is 0.345. The number of para-hydroxylation sites is 2. The van der Waals surface area contributed by atoms with Crippen LogP contribution in [-0.2, 0) is 33.6 Å². The van der Waals surface area contributed by atoms with Crippen molar-refractivity contribution in [2.75, 3.05) is 24.9 Å². The molecule has 2 heterocycles. The molecular weight excluding hydrogens is 468 g/mol. The van der Waals surface area contributed by atoms with Crippen molar-refractivity contribution in [3.05, 3.63) is 70.3 Å². The van der Waals surface area contributed by atoms with Crippen LogP contribution in [0, 0.1) is 20.8 Å². The zero-order valence-electron chi connectivity index (χ0n) is 23.1. The van der Waals surface area contributed by atoms with Crippen molar-refractivity contribution < 1.29 is 9.47 Å². The first-order chi connectivity index (χ1) is 17.8. The van der Waals surface area contributed by atoms with Crippen LogP contribution in [0.15, 0.2) is 36.4 Å². The molecule has 0 unspecified atom stereocenters. The first-order valence-electron chi connectivity index (χ1n) is 12.3. The second-order valence-corrected chi connectivity index (χ2v) is 8.76. The van der Waals surface area contributed by atoms with Gasteiger partial charge in [-0.05, 0) is 49.4 Å². The molecule has 0 amide bonds. The van der Waals surface area contributed by atoms with Gasteiger partial charge in [0.25, 0.3) is 0 Å². The molecular formula is C27H38N8O2. The van der Waals surface area contributed by atoms with Crippen molar-refractivity contribution in [3.8, 4) is 12.0 Å². The molecule has 0 aliphatic carbocycles. The minimum Gasteiger partial charge on any atom is -0.467 e. The molecule has 0 radical (unpaired) electrons. The van der Waals surface area contributed by atoms with Gasteiger partial charge in [-0.2, -0.15) is 0 Å². The van der Waals surface area contributed by atoms with Gasteiger partial charge in [0.2, 0.25) is 0 Å². The normalized spacial score (nSPS) is 10.5. The number of rotatable bonds is 9. The summed E-state index contributed by atoms with van der Waals surface area (Å²) in [6, 6.07) is 13.6. The summed E-state index contributed by atoms with van der Waals surface area (Å²) in [7, 11) is 6.97. The van der Waals surface area contributed by atoms with Crippen molar-refractivity contribution in [2.45, 2.75) is 47.2 Å². The van der Waals surface area contributed by atoms with Gasteiger partial charge in [-0.1, -0.05) is 53.5 Å². The van der Waals surface area contributed by atoms with Crippen molar-refractivity contribution in [3.63, 3.8) is 0 Å². The van der Waals surface area contributed by atoms with E-state index in [0.29, 0.717) is 25.1 Å². The Kier molecular flexibility index (Phi) is 9.48. The Labute approximate surface area is 219 Å². The molecule has 2 N–H and O–H groups in total. The summed E-state index contributed by atoms with van der Waals surface area (Å²) >= 11 is 0. The van der Waals surface area contributed by atoms with Crippen LogP contribution in [0.3, 0.4) is 0 Å². The summed E-state index contributed by atoms with van der Waals surface area (Å²) in [5.41, 5.74) is 7.35. The molecule has 2 aromatic carbocycles. The van der Waals surface area contributed by atoms with Gasteiger partial charge in [0.05, 0.1) is 27.3 Å². The predicted molar refractivity (Wildman–Crippen MR) is 146 cm³/mol. The van der Waals surface area contributed by atoms with Crippen molar-refractivity contribution in [1.82, 2.24) is 29.5 Å². The van der Waals surface area contributed by atoms with Crippen molar-refractivity contribution in [2.24, 2.45) is 14.1 Å². The number of ether oxygens (including phenoxy) is 2. The molecule has 2 aromatic heterocycles. The van der Waals surface area contributed by atoms with Crippen LogP contribution >= 0.6 is 0 Å².